The van der Waals surface area contributed by atoms with E-state index in [-0.39, 0.29) is 23.7 Å². The van der Waals surface area contributed by atoms with Gasteiger partial charge in [-0.15, -0.1) is 0 Å². The maximum absolute atomic E-state index is 13.9. The van der Waals surface area contributed by atoms with Crippen molar-refractivity contribution in [1.29, 1.82) is 0 Å². The van der Waals surface area contributed by atoms with E-state index < -0.39 is 5.41 Å². The molecule has 2 fully saturated rings. The van der Waals surface area contributed by atoms with E-state index in [4.69, 9.17) is 22.1 Å². The van der Waals surface area contributed by atoms with Crippen molar-refractivity contribution < 1.29 is 13.9 Å². The predicted molar refractivity (Wildman–Crippen MR) is 82.2 cm³/mol. The standard InChI is InChI=1S/C16H20ClFN2O2/c17-11-2-1-3-12(18)14(11)10-8-13(10)20-15(21)16(9-19)4-6-22-7-5-16/h1-3,10,13H,4-9,19H2,(H,20,21). The van der Waals surface area contributed by atoms with Gasteiger partial charge in [0, 0.05) is 42.3 Å². The fourth-order valence-electron chi connectivity index (χ4n) is 3.15. The number of benzene rings is 1. The molecule has 1 heterocycles. The van der Waals surface area contributed by atoms with Crippen molar-refractivity contribution in [3.8, 4) is 0 Å². The van der Waals surface area contributed by atoms with E-state index in [1.807, 2.05) is 0 Å². The molecule has 3 N–H and O–H groups in total. The minimum Gasteiger partial charge on any atom is -0.381 e. The van der Waals surface area contributed by atoms with Crippen molar-refractivity contribution in [3.05, 3.63) is 34.6 Å². The van der Waals surface area contributed by atoms with Gasteiger partial charge in [-0.1, -0.05) is 17.7 Å². The summed E-state index contributed by atoms with van der Waals surface area (Å²) in [7, 11) is 0. The van der Waals surface area contributed by atoms with Crippen molar-refractivity contribution in [2.75, 3.05) is 19.8 Å². The molecule has 0 spiro atoms. The van der Waals surface area contributed by atoms with Crippen LogP contribution in [-0.2, 0) is 9.53 Å². The Morgan fingerprint density at radius 2 is 2.18 bits per heavy atom. The van der Waals surface area contributed by atoms with Gasteiger partial charge in [0.25, 0.3) is 0 Å². The Labute approximate surface area is 134 Å². The molecular formula is C16H20ClFN2O2. The minimum atomic E-state index is -0.551. The number of hydrogen-bond acceptors (Lipinski definition) is 3. The fourth-order valence-corrected chi connectivity index (χ4v) is 3.45. The summed E-state index contributed by atoms with van der Waals surface area (Å²) in [4.78, 5) is 12.6. The molecule has 1 saturated carbocycles. The summed E-state index contributed by atoms with van der Waals surface area (Å²) in [5.41, 5.74) is 5.78. The summed E-state index contributed by atoms with van der Waals surface area (Å²) >= 11 is 6.08. The van der Waals surface area contributed by atoms with Crippen LogP contribution < -0.4 is 11.1 Å². The highest BCUT2D eigenvalue weighted by molar-refractivity contribution is 6.31. The van der Waals surface area contributed by atoms with Gasteiger partial charge >= 0.3 is 0 Å². The van der Waals surface area contributed by atoms with Crippen LogP contribution >= 0.6 is 11.6 Å². The molecule has 120 valence electrons. The third-order valence-electron chi connectivity index (χ3n) is 4.80. The van der Waals surface area contributed by atoms with Crippen LogP contribution in [0.4, 0.5) is 4.39 Å². The molecule has 2 aliphatic rings. The van der Waals surface area contributed by atoms with Gasteiger partial charge in [-0.2, -0.15) is 0 Å². The first-order chi connectivity index (χ1) is 10.6. The van der Waals surface area contributed by atoms with Crippen LogP contribution in [0, 0.1) is 11.2 Å². The van der Waals surface area contributed by atoms with Gasteiger partial charge in [0.1, 0.15) is 5.82 Å². The van der Waals surface area contributed by atoms with Crippen LogP contribution in [0.2, 0.25) is 5.02 Å². The van der Waals surface area contributed by atoms with Crippen LogP contribution in [0.25, 0.3) is 0 Å². The summed E-state index contributed by atoms with van der Waals surface area (Å²) in [5, 5.41) is 3.44. The van der Waals surface area contributed by atoms with E-state index in [2.05, 4.69) is 5.32 Å². The summed E-state index contributed by atoms with van der Waals surface area (Å²) in [6.45, 7) is 1.41. The normalized spacial score (nSPS) is 26.5. The van der Waals surface area contributed by atoms with Gasteiger partial charge in [0.15, 0.2) is 0 Å². The highest BCUT2D eigenvalue weighted by Crippen LogP contribution is 2.45. The molecule has 2 unspecified atom stereocenters. The maximum Gasteiger partial charge on any atom is 0.227 e. The SMILES string of the molecule is NCC1(C(=O)NC2CC2c2c(F)cccc2Cl)CCOCC1. The molecule has 0 radical (unpaired) electrons. The number of rotatable bonds is 4. The highest BCUT2D eigenvalue weighted by atomic mass is 35.5. The lowest BCUT2D eigenvalue weighted by Crippen LogP contribution is -2.49. The Morgan fingerprint density at radius 3 is 2.82 bits per heavy atom. The number of halogens is 2. The van der Waals surface area contributed by atoms with Crippen LogP contribution in [0.3, 0.4) is 0 Å². The third-order valence-corrected chi connectivity index (χ3v) is 5.13. The second kappa shape index (κ2) is 6.14. The molecule has 1 aliphatic carbocycles. The molecule has 3 rings (SSSR count). The first kappa shape index (κ1) is 15.7. The smallest absolute Gasteiger partial charge is 0.227 e. The zero-order valence-corrected chi connectivity index (χ0v) is 13.0. The first-order valence-corrected chi connectivity index (χ1v) is 7.98. The van der Waals surface area contributed by atoms with Crippen molar-refractivity contribution in [2.45, 2.75) is 31.2 Å². The Hall–Kier alpha value is -1.17. The lowest BCUT2D eigenvalue weighted by atomic mass is 9.79. The second-order valence-corrected chi connectivity index (χ2v) is 6.56. The van der Waals surface area contributed by atoms with E-state index in [1.165, 1.54) is 6.07 Å². The van der Waals surface area contributed by atoms with Gasteiger partial charge in [-0.25, -0.2) is 4.39 Å². The molecule has 1 aliphatic heterocycles. The fraction of sp³-hybridized carbons (Fsp3) is 0.562. The molecule has 1 amide bonds. The van der Waals surface area contributed by atoms with Crippen molar-refractivity contribution >= 4 is 17.5 Å². The number of carbonyl (C=O) groups excluding carboxylic acids is 1. The lowest BCUT2D eigenvalue weighted by molar-refractivity contribution is -0.136. The predicted octanol–water partition coefficient (Wildman–Crippen LogP) is 2.21. The van der Waals surface area contributed by atoms with Gasteiger partial charge in [-0.3, -0.25) is 4.79 Å². The summed E-state index contributed by atoms with van der Waals surface area (Å²) in [6.07, 6.45) is 1.98. The molecule has 4 nitrogen and oxygen atoms in total. The third kappa shape index (κ3) is 2.85. The molecule has 1 aromatic rings. The van der Waals surface area contributed by atoms with E-state index in [0.29, 0.717) is 49.6 Å². The van der Waals surface area contributed by atoms with Gasteiger partial charge in [-0.05, 0) is 31.4 Å². The monoisotopic (exact) mass is 326 g/mol. The molecule has 6 heteroatoms. The van der Waals surface area contributed by atoms with Crippen LogP contribution in [-0.4, -0.2) is 31.7 Å². The number of amides is 1. The van der Waals surface area contributed by atoms with Crippen molar-refractivity contribution in [3.63, 3.8) is 0 Å². The van der Waals surface area contributed by atoms with Gasteiger partial charge in [0.2, 0.25) is 5.91 Å². The Kier molecular flexibility index (Phi) is 4.39. The number of nitrogens with one attached hydrogen (secondary N) is 1. The zero-order valence-electron chi connectivity index (χ0n) is 12.3. The Balaban J connectivity index is 1.67. The summed E-state index contributed by atoms with van der Waals surface area (Å²) < 4.78 is 19.2. The van der Waals surface area contributed by atoms with E-state index in [0.717, 1.165) is 0 Å². The molecule has 22 heavy (non-hydrogen) atoms. The molecule has 2 atom stereocenters. The molecule has 1 aromatic carbocycles. The molecular weight excluding hydrogens is 307 g/mol. The van der Waals surface area contributed by atoms with E-state index >= 15 is 0 Å². The number of carbonyl (C=O) groups is 1. The van der Waals surface area contributed by atoms with E-state index in [1.54, 1.807) is 12.1 Å². The van der Waals surface area contributed by atoms with Crippen molar-refractivity contribution in [1.82, 2.24) is 5.32 Å². The summed E-state index contributed by atoms with van der Waals surface area (Å²) in [5.74, 6) is -0.403. The van der Waals surface area contributed by atoms with Crippen molar-refractivity contribution in [2.24, 2.45) is 11.1 Å². The Bertz CT molecular complexity index is 555. The molecule has 0 aromatic heterocycles. The van der Waals surface area contributed by atoms with Gasteiger partial charge < -0.3 is 15.8 Å². The van der Waals surface area contributed by atoms with Gasteiger partial charge in [0.05, 0.1) is 5.41 Å². The number of nitrogens with two attached hydrogens (primary N) is 1. The number of hydrogen-bond donors (Lipinski definition) is 2. The minimum absolute atomic E-state index is 0.0433. The van der Waals surface area contributed by atoms with Crippen LogP contribution in [0.15, 0.2) is 18.2 Å². The summed E-state index contributed by atoms with van der Waals surface area (Å²) in [6, 6.07) is 4.60. The highest BCUT2D eigenvalue weighted by Gasteiger charge is 2.46. The lowest BCUT2D eigenvalue weighted by Gasteiger charge is -2.34. The average molecular weight is 327 g/mol. The Morgan fingerprint density at radius 1 is 1.45 bits per heavy atom. The largest absolute Gasteiger partial charge is 0.381 e. The molecule has 0 bridgehead atoms. The average Bonchev–Trinajstić information content (AvgIpc) is 3.26. The zero-order chi connectivity index (χ0) is 15.7. The number of ether oxygens (including phenoxy) is 1. The first-order valence-electron chi connectivity index (χ1n) is 7.60. The van der Waals surface area contributed by atoms with E-state index in [9.17, 15) is 9.18 Å². The maximum atomic E-state index is 13.9. The molecule has 1 saturated heterocycles. The van der Waals surface area contributed by atoms with Crippen LogP contribution in [0.1, 0.15) is 30.7 Å². The second-order valence-electron chi connectivity index (χ2n) is 6.15. The topological polar surface area (TPSA) is 64.4 Å². The van der Waals surface area contributed by atoms with Crippen LogP contribution in [0.5, 0.6) is 0 Å². The quantitative estimate of drug-likeness (QED) is 0.891.